The van der Waals surface area contributed by atoms with Crippen molar-refractivity contribution >= 4 is 23.3 Å². The summed E-state index contributed by atoms with van der Waals surface area (Å²) in [4.78, 5) is 24.6. The fraction of sp³-hybridized carbons (Fsp3) is 0.364. The lowest BCUT2D eigenvalue weighted by Crippen LogP contribution is -2.42. The van der Waals surface area contributed by atoms with E-state index in [0.717, 1.165) is 36.2 Å². The van der Waals surface area contributed by atoms with Crippen molar-refractivity contribution in [3.8, 4) is 0 Å². The van der Waals surface area contributed by atoms with Crippen molar-refractivity contribution in [2.75, 3.05) is 17.2 Å². The number of urea groups is 1. The number of hydrogen-bond donors (Lipinski definition) is 4. The molecule has 1 heterocycles. The second-order valence-electron chi connectivity index (χ2n) is 7.44. The molecule has 1 aliphatic heterocycles. The van der Waals surface area contributed by atoms with E-state index in [9.17, 15) is 9.59 Å². The van der Waals surface area contributed by atoms with Crippen LogP contribution in [0.1, 0.15) is 30.9 Å². The summed E-state index contributed by atoms with van der Waals surface area (Å²) in [6.07, 6.45) is 1.74. The van der Waals surface area contributed by atoms with Gasteiger partial charge in [-0.05, 0) is 68.6 Å². The predicted octanol–water partition coefficient (Wildman–Crippen LogP) is 3.64. The van der Waals surface area contributed by atoms with Crippen molar-refractivity contribution in [2.45, 2.75) is 39.3 Å². The summed E-state index contributed by atoms with van der Waals surface area (Å²) >= 11 is 0. The van der Waals surface area contributed by atoms with Gasteiger partial charge in [0.05, 0.1) is 0 Å². The van der Waals surface area contributed by atoms with Crippen molar-refractivity contribution in [2.24, 2.45) is 5.92 Å². The Morgan fingerprint density at radius 1 is 1.07 bits per heavy atom. The highest BCUT2D eigenvalue weighted by molar-refractivity contribution is 5.99. The third kappa shape index (κ3) is 5.82. The Bertz CT molecular complexity index is 837. The van der Waals surface area contributed by atoms with Crippen LogP contribution < -0.4 is 21.3 Å². The number of amides is 3. The maximum absolute atomic E-state index is 12.4. The van der Waals surface area contributed by atoms with Gasteiger partial charge < -0.3 is 21.3 Å². The highest BCUT2D eigenvalue weighted by Crippen LogP contribution is 2.17. The molecule has 0 saturated carbocycles. The lowest BCUT2D eigenvalue weighted by molar-refractivity contribution is -0.126. The zero-order valence-corrected chi connectivity index (χ0v) is 16.4. The third-order valence-corrected chi connectivity index (χ3v) is 4.92. The minimum atomic E-state index is -0.296. The Kier molecular flexibility index (Phi) is 6.66. The molecule has 28 heavy (non-hydrogen) atoms. The smallest absolute Gasteiger partial charge is 0.323 e. The molecule has 0 unspecified atom stereocenters. The minimum Gasteiger partial charge on any atom is -0.352 e. The van der Waals surface area contributed by atoms with Gasteiger partial charge in [-0.3, -0.25) is 4.79 Å². The van der Waals surface area contributed by atoms with Crippen molar-refractivity contribution in [3.05, 3.63) is 59.7 Å². The molecule has 1 saturated heterocycles. The van der Waals surface area contributed by atoms with Crippen LogP contribution in [0.5, 0.6) is 0 Å². The average molecular weight is 380 g/mol. The number of carbonyl (C=O) groups excluding carboxylic acids is 2. The summed E-state index contributed by atoms with van der Waals surface area (Å²) in [6.45, 7) is 5.42. The molecule has 2 aromatic carbocycles. The lowest BCUT2D eigenvalue weighted by atomic mass is 9.92. The molecule has 148 valence electrons. The van der Waals surface area contributed by atoms with Crippen LogP contribution in [0.2, 0.25) is 0 Å². The van der Waals surface area contributed by atoms with E-state index in [-0.39, 0.29) is 17.9 Å². The number of rotatable bonds is 5. The van der Waals surface area contributed by atoms with Gasteiger partial charge in [0.15, 0.2) is 0 Å². The average Bonchev–Trinajstić information content (AvgIpc) is 2.66. The van der Waals surface area contributed by atoms with E-state index in [1.54, 1.807) is 0 Å². The molecule has 0 bridgehead atoms. The highest BCUT2D eigenvalue weighted by Gasteiger charge is 2.24. The minimum absolute atomic E-state index is 0.0673. The van der Waals surface area contributed by atoms with Crippen molar-refractivity contribution < 1.29 is 9.59 Å². The van der Waals surface area contributed by atoms with E-state index in [2.05, 4.69) is 28.2 Å². The number of aryl methyl sites for hydroxylation is 1. The molecule has 0 spiro atoms. The predicted molar refractivity (Wildman–Crippen MR) is 112 cm³/mol. The van der Waals surface area contributed by atoms with Gasteiger partial charge >= 0.3 is 6.03 Å². The quantitative estimate of drug-likeness (QED) is 0.639. The maximum Gasteiger partial charge on any atom is 0.323 e. The van der Waals surface area contributed by atoms with E-state index in [4.69, 9.17) is 0 Å². The Labute approximate surface area is 166 Å². The number of carbonyl (C=O) groups is 2. The van der Waals surface area contributed by atoms with Crippen LogP contribution in [0.4, 0.5) is 16.2 Å². The summed E-state index contributed by atoms with van der Waals surface area (Å²) in [7, 11) is 0. The van der Waals surface area contributed by atoms with E-state index < -0.39 is 0 Å². The standard InChI is InChI=1S/C22H28N4O2/c1-15-5-3-7-19(11-15)25-22(28)26-20-8-4-6-17(13-20)14-24-21(27)18-9-10-23-16(2)12-18/h3-8,11,13,16,18,23H,9-10,12,14H2,1-2H3,(H,24,27)(H2,25,26,28)/t16-,18-/m0/s1. The van der Waals surface area contributed by atoms with Gasteiger partial charge in [-0.25, -0.2) is 4.79 Å². The molecule has 0 radical (unpaired) electrons. The van der Waals surface area contributed by atoms with Gasteiger partial charge in [0.25, 0.3) is 0 Å². The second kappa shape index (κ2) is 9.37. The first-order valence-corrected chi connectivity index (χ1v) is 9.74. The zero-order valence-electron chi connectivity index (χ0n) is 16.4. The van der Waals surface area contributed by atoms with Gasteiger partial charge in [-0.2, -0.15) is 0 Å². The molecule has 3 rings (SSSR count). The fourth-order valence-electron chi connectivity index (χ4n) is 3.48. The van der Waals surface area contributed by atoms with Crippen molar-refractivity contribution in [3.63, 3.8) is 0 Å². The number of benzene rings is 2. The van der Waals surface area contributed by atoms with Crippen LogP contribution in [0, 0.1) is 12.8 Å². The monoisotopic (exact) mass is 380 g/mol. The van der Waals surface area contributed by atoms with Crippen LogP contribution in [0.3, 0.4) is 0 Å². The summed E-state index contributed by atoms with van der Waals surface area (Å²) in [5.74, 6) is 0.168. The van der Waals surface area contributed by atoms with Gasteiger partial charge in [0, 0.05) is 29.9 Å². The molecule has 2 atom stereocenters. The van der Waals surface area contributed by atoms with E-state index >= 15 is 0 Å². The van der Waals surface area contributed by atoms with Crippen LogP contribution in [-0.2, 0) is 11.3 Å². The van der Waals surface area contributed by atoms with Gasteiger partial charge in [-0.1, -0.05) is 24.3 Å². The first-order valence-electron chi connectivity index (χ1n) is 9.74. The number of hydrogen-bond acceptors (Lipinski definition) is 3. The van der Waals surface area contributed by atoms with Gasteiger partial charge in [0.2, 0.25) is 5.91 Å². The van der Waals surface area contributed by atoms with Crippen LogP contribution in [0.15, 0.2) is 48.5 Å². The molecular formula is C22H28N4O2. The largest absolute Gasteiger partial charge is 0.352 e. The fourth-order valence-corrected chi connectivity index (χ4v) is 3.48. The maximum atomic E-state index is 12.4. The molecule has 1 fully saturated rings. The summed E-state index contributed by atoms with van der Waals surface area (Å²) in [6, 6.07) is 15.2. The Hall–Kier alpha value is -2.86. The SMILES string of the molecule is Cc1cccc(NC(=O)Nc2cccc(CNC(=O)[C@H]3CCN[C@@H](C)C3)c2)c1. The Morgan fingerprint density at radius 3 is 2.50 bits per heavy atom. The molecule has 6 nitrogen and oxygen atoms in total. The first kappa shape index (κ1) is 19.9. The Balaban J connectivity index is 1.52. The normalized spacial score (nSPS) is 18.9. The van der Waals surface area contributed by atoms with Crippen molar-refractivity contribution in [1.82, 2.24) is 10.6 Å². The number of piperidine rings is 1. The number of nitrogens with one attached hydrogen (secondary N) is 4. The van der Waals surface area contributed by atoms with Gasteiger partial charge in [-0.15, -0.1) is 0 Å². The molecular weight excluding hydrogens is 352 g/mol. The van der Waals surface area contributed by atoms with Gasteiger partial charge in [0.1, 0.15) is 0 Å². The lowest BCUT2D eigenvalue weighted by Gasteiger charge is -2.27. The van der Waals surface area contributed by atoms with E-state index in [0.29, 0.717) is 18.3 Å². The zero-order chi connectivity index (χ0) is 19.9. The topological polar surface area (TPSA) is 82.3 Å². The first-order chi connectivity index (χ1) is 13.5. The summed E-state index contributed by atoms with van der Waals surface area (Å²) in [5, 5.41) is 12.0. The van der Waals surface area contributed by atoms with Crippen LogP contribution in [0.25, 0.3) is 0 Å². The molecule has 0 aromatic heterocycles. The molecule has 2 aromatic rings. The second-order valence-corrected chi connectivity index (χ2v) is 7.44. The third-order valence-electron chi connectivity index (χ3n) is 4.92. The Morgan fingerprint density at radius 2 is 1.79 bits per heavy atom. The van der Waals surface area contributed by atoms with Crippen LogP contribution in [-0.4, -0.2) is 24.5 Å². The van der Waals surface area contributed by atoms with E-state index in [1.807, 2.05) is 55.5 Å². The van der Waals surface area contributed by atoms with Crippen LogP contribution >= 0.6 is 0 Å². The molecule has 1 aliphatic rings. The van der Waals surface area contributed by atoms with Crippen molar-refractivity contribution in [1.29, 1.82) is 0 Å². The summed E-state index contributed by atoms with van der Waals surface area (Å²) in [5.41, 5.74) is 3.46. The molecule has 3 amide bonds. The molecule has 0 aliphatic carbocycles. The molecule has 4 N–H and O–H groups in total. The summed E-state index contributed by atoms with van der Waals surface area (Å²) < 4.78 is 0. The molecule has 6 heteroatoms. The van der Waals surface area contributed by atoms with E-state index in [1.165, 1.54) is 0 Å². The number of anilines is 2. The highest BCUT2D eigenvalue weighted by atomic mass is 16.2.